The van der Waals surface area contributed by atoms with Crippen molar-refractivity contribution in [2.24, 2.45) is 0 Å². The van der Waals surface area contributed by atoms with Crippen LogP contribution in [0.15, 0.2) is 18.2 Å². The highest BCUT2D eigenvalue weighted by Gasteiger charge is 2.28. The number of aromatic nitrogens is 1. The monoisotopic (exact) mass is 247 g/mol. The zero-order valence-corrected chi connectivity index (χ0v) is 10.5. The van der Waals surface area contributed by atoms with Crippen LogP contribution < -0.4 is 0 Å². The van der Waals surface area contributed by atoms with Crippen LogP contribution >= 0.6 is 11.6 Å². The van der Waals surface area contributed by atoms with Gasteiger partial charge in [0.1, 0.15) is 0 Å². The molecule has 1 atom stereocenters. The SMILES string of the molecule is Cc1ccc2[nH]c3c(c2c1)CCCC3C(=O)Cl. The Bertz CT molecular complexity index is 600. The molecule has 1 aromatic heterocycles. The van der Waals surface area contributed by atoms with Crippen molar-refractivity contribution < 1.29 is 4.79 Å². The van der Waals surface area contributed by atoms with Crippen molar-refractivity contribution in [2.45, 2.75) is 32.1 Å². The molecule has 0 spiro atoms. The smallest absolute Gasteiger partial charge is 0.230 e. The average molecular weight is 248 g/mol. The lowest BCUT2D eigenvalue weighted by molar-refractivity contribution is -0.113. The van der Waals surface area contributed by atoms with Crippen LogP contribution in [0.25, 0.3) is 10.9 Å². The van der Waals surface area contributed by atoms with E-state index in [1.54, 1.807) is 0 Å². The maximum Gasteiger partial charge on any atom is 0.230 e. The molecule has 1 unspecified atom stereocenters. The summed E-state index contributed by atoms with van der Waals surface area (Å²) >= 11 is 5.68. The van der Waals surface area contributed by atoms with Crippen molar-refractivity contribution in [3.8, 4) is 0 Å². The molecule has 0 aliphatic heterocycles. The van der Waals surface area contributed by atoms with Crippen molar-refractivity contribution in [1.82, 2.24) is 4.98 Å². The lowest BCUT2D eigenvalue weighted by Crippen LogP contribution is -2.14. The summed E-state index contributed by atoms with van der Waals surface area (Å²) in [5.41, 5.74) is 4.69. The summed E-state index contributed by atoms with van der Waals surface area (Å²) in [5, 5.41) is 1.01. The summed E-state index contributed by atoms with van der Waals surface area (Å²) in [6.07, 6.45) is 2.94. The Kier molecular flexibility index (Phi) is 2.48. The number of H-pyrrole nitrogens is 1. The molecule has 0 radical (unpaired) electrons. The number of rotatable bonds is 1. The molecule has 1 heterocycles. The van der Waals surface area contributed by atoms with Crippen molar-refractivity contribution in [2.75, 3.05) is 0 Å². The topological polar surface area (TPSA) is 32.9 Å². The van der Waals surface area contributed by atoms with E-state index >= 15 is 0 Å². The first-order valence-corrected chi connectivity index (χ1v) is 6.35. The zero-order valence-electron chi connectivity index (χ0n) is 9.72. The zero-order chi connectivity index (χ0) is 12.0. The summed E-state index contributed by atoms with van der Waals surface area (Å²) in [6.45, 7) is 2.09. The van der Waals surface area contributed by atoms with Crippen LogP contribution in [-0.4, -0.2) is 10.2 Å². The van der Waals surface area contributed by atoms with Gasteiger partial charge in [-0.3, -0.25) is 4.79 Å². The molecule has 0 fully saturated rings. The number of aryl methyl sites for hydroxylation is 2. The van der Waals surface area contributed by atoms with E-state index in [0.29, 0.717) is 0 Å². The number of halogens is 1. The largest absolute Gasteiger partial charge is 0.358 e. The Labute approximate surface area is 105 Å². The van der Waals surface area contributed by atoms with Gasteiger partial charge in [0.2, 0.25) is 5.24 Å². The molecule has 1 aliphatic rings. The van der Waals surface area contributed by atoms with Crippen LogP contribution in [0.4, 0.5) is 0 Å². The van der Waals surface area contributed by atoms with Crippen molar-refractivity contribution in [3.63, 3.8) is 0 Å². The fraction of sp³-hybridized carbons (Fsp3) is 0.357. The highest BCUT2D eigenvalue weighted by Crippen LogP contribution is 2.37. The Morgan fingerprint density at radius 2 is 2.29 bits per heavy atom. The minimum Gasteiger partial charge on any atom is -0.358 e. The molecule has 17 heavy (non-hydrogen) atoms. The Balaban J connectivity index is 2.25. The normalized spacial score (nSPS) is 19.3. The number of benzene rings is 1. The molecule has 3 rings (SSSR count). The van der Waals surface area contributed by atoms with Crippen molar-refractivity contribution >= 4 is 27.7 Å². The van der Waals surface area contributed by atoms with Crippen LogP contribution in [0.5, 0.6) is 0 Å². The van der Waals surface area contributed by atoms with Gasteiger partial charge in [0.15, 0.2) is 0 Å². The number of carbonyl (C=O) groups is 1. The van der Waals surface area contributed by atoms with Gasteiger partial charge in [0.25, 0.3) is 0 Å². The molecule has 1 N–H and O–H groups in total. The van der Waals surface area contributed by atoms with E-state index in [1.807, 2.05) is 0 Å². The second-order valence-corrected chi connectivity index (χ2v) is 5.19. The molecule has 0 amide bonds. The summed E-state index contributed by atoms with van der Waals surface area (Å²) < 4.78 is 0. The van der Waals surface area contributed by atoms with E-state index in [9.17, 15) is 4.79 Å². The fourth-order valence-electron chi connectivity index (χ4n) is 2.80. The summed E-state index contributed by atoms with van der Waals surface area (Å²) in [6, 6.07) is 6.35. The predicted octanol–water partition coefficient (Wildman–Crippen LogP) is 3.66. The van der Waals surface area contributed by atoms with Gasteiger partial charge in [0, 0.05) is 16.6 Å². The molecular formula is C14H14ClNO. The lowest BCUT2D eigenvalue weighted by atomic mass is 9.87. The number of nitrogens with one attached hydrogen (secondary N) is 1. The Morgan fingerprint density at radius 1 is 1.47 bits per heavy atom. The van der Waals surface area contributed by atoms with Gasteiger partial charge in [-0.15, -0.1) is 0 Å². The molecule has 3 heteroatoms. The van der Waals surface area contributed by atoms with E-state index in [1.165, 1.54) is 16.5 Å². The van der Waals surface area contributed by atoms with Gasteiger partial charge in [-0.25, -0.2) is 0 Å². The maximum absolute atomic E-state index is 11.5. The third-order valence-corrected chi connectivity index (χ3v) is 3.90. The van der Waals surface area contributed by atoms with Crippen LogP contribution in [0.3, 0.4) is 0 Å². The Morgan fingerprint density at radius 3 is 3.06 bits per heavy atom. The molecule has 0 bridgehead atoms. The van der Waals surface area contributed by atoms with Gasteiger partial charge in [-0.05, 0) is 55.5 Å². The second-order valence-electron chi connectivity index (χ2n) is 4.82. The summed E-state index contributed by atoms with van der Waals surface area (Å²) in [4.78, 5) is 14.8. The first-order valence-electron chi connectivity index (χ1n) is 5.97. The van der Waals surface area contributed by atoms with Crippen molar-refractivity contribution in [1.29, 1.82) is 0 Å². The third kappa shape index (κ3) is 1.67. The molecule has 0 saturated heterocycles. The predicted molar refractivity (Wildman–Crippen MR) is 69.6 cm³/mol. The number of fused-ring (bicyclic) bond motifs is 3. The van der Waals surface area contributed by atoms with E-state index < -0.39 is 0 Å². The van der Waals surface area contributed by atoms with E-state index in [2.05, 4.69) is 30.1 Å². The molecule has 88 valence electrons. The van der Waals surface area contributed by atoms with Gasteiger partial charge in [-0.2, -0.15) is 0 Å². The number of hydrogen-bond donors (Lipinski definition) is 1. The second kappa shape index (κ2) is 3.88. The average Bonchev–Trinajstić information content (AvgIpc) is 2.66. The standard InChI is InChI=1S/C14H14ClNO/c1-8-5-6-12-11(7-8)9-3-2-4-10(14(15)17)13(9)16-12/h5-7,10,16H,2-4H2,1H3. The molecule has 2 nitrogen and oxygen atoms in total. The Hall–Kier alpha value is -1.28. The van der Waals surface area contributed by atoms with E-state index in [4.69, 9.17) is 11.6 Å². The molecule has 2 aromatic rings. The van der Waals surface area contributed by atoms with Crippen molar-refractivity contribution in [3.05, 3.63) is 35.0 Å². The summed E-state index contributed by atoms with van der Waals surface area (Å²) in [5.74, 6) is -0.145. The van der Waals surface area contributed by atoms with E-state index in [-0.39, 0.29) is 11.2 Å². The highest BCUT2D eigenvalue weighted by molar-refractivity contribution is 6.64. The number of carbonyl (C=O) groups excluding carboxylic acids is 1. The van der Waals surface area contributed by atoms with Crippen LogP contribution in [0, 0.1) is 6.92 Å². The molecule has 1 aliphatic carbocycles. The van der Waals surface area contributed by atoms with Gasteiger partial charge in [-0.1, -0.05) is 11.6 Å². The number of aromatic amines is 1. The van der Waals surface area contributed by atoms with E-state index in [0.717, 1.165) is 30.5 Å². The third-order valence-electron chi connectivity index (χ3n) is 3.64. The highest BCUT2D eigenvalue weighted by atomic mass is 35.5. The van der Waals surface area contributed by atoms with Crippen LogP contribution in [-0.2, 0) is 11.2 Å². The quantitative estimate of drug-likeness (QED) is 0.767. The minimum atomic E-state index is -0.241. The van der Waals surface area contributed by atoms with Crippen LogP contribution in [0.2, 0.25) is 0 Å². The van der Waals surface area contributed by atoms with Crippen LogP contribution in [0.1, 0.15) is 35.6 Å². The van der Waals surface area contributed by atoms with Gasteiger partial charge >= 0.3 is 0 Å². The van der Waals surface area contributed by atoms with Gasteiger partial charge < -0.3 is 4.98 Å². The number of hydrogen-bond acceptors (Lipinski definition) is 1. The molecule has 0 saturated carbocycles. The fourth-order valence-corrected chi connectivity index (χ4v) is 3.02. The maximum atomic E-state index is 11.5. The minimum absolute atomic E-state index is 0.145. The molecular weight excluding hydrogens is 234 g/mol. The molecule has 1 aromatic carbocycles. The lowest BCUT2D eigenvalue weighted by Gasteiger charge is -2.18. The van der Waals surface area contributed by atoms with Gasteiger partial charge in [0.05, 0.1) is 5.92 Å². The summed E-state index contributed by atoms with van der Waals surface area (Å²) in [7, 11) is 0. The first-order chi connectivity index (χ1) is 8.16. The first kappa shape index (κ1) is 10.8.